The lowest BCUT2D eigenvalue weighted by atomic mass is 9.93. The summed E-state index contributed by atoms with van der Waals surface area (Å²) < 4.78 is 0. The van der Waals surface area contributed by atoms with Gasteiger partial charge >= 0.3 is 0 Å². The van der Waals surface area contributed by atoms with Gasteiger partial charge in [-0.2, -0.15) is 0 Å². The number of aryl methyl sites for hydroxylation is 2. The number of benzene rings is 7. The van der Waals surface area contributed by atoms with Crippen LogP contribution in [0.4, 0.5) is 68.2 Å². The SMILES string of the molecule is CCCCN(CCCC)c1ccc(N(c2ccc(N(CCCC)CCCC)cc2)c2ccc(N(C3=CCC(N(c4ccc(C)cc4)c4ccc(N(CCCC)CCCC)cc4)C=C3)C3C=CC(N(c4ccc(C)cc4)c4ccc(N(CCCC)CCCC)cc4)CC3)cc2)cc1. The highest BCUT2D eigenvalue weighted by atomic mass is 15.2. The van der Waals surface area contributed by atoms with E-state index in [9.17, 15) is 0 Å². The lowest BCUT2D eigenvalue weighted by molar-refractivity contribution is 0.566. The first-order chi connectivity index (χ1) is 47.1. The Morgan fingerprint density at radius 1 is 0.260 bits per heavy atom. The third-order valence-electron chi connectivity index (χ3n) is 19.8. The molecule has 9 rings (SSSR count). The first-order valence-electron chi connectivity index (χ1n) is 38.0. The Kier molecular flexibility index (Phi) is 28.8. The molecule has 0 fully saturated rings. The maximum absolute atomic E-state index is 2.65. The van der Waals surface area contributed by atoms with Crippen molar-refractivity contribution in [2.75, 3.05) is 91.6 Å². The van der Waals surface area contributed by atoms with E-state index in [0.29, 0.717) is 0 Å². The van der Waals surface area contributed by atoms with E-state index in [2.05, 4.69) is 309 Å². The normalized spacial score (nSPS) is 15.1. The molecule has 2 aliphatic rings. The molecule has 7 aromatic rings. The van der Waals surface area contributed by atoms with Crippen LogP contribution in [0.15, 0.2) is 206 Å². The Labute approximate surface area is 583 Å². The highest BCUT2D eigenvalue weighted by Gasteiger charge is 2.31. The molecule has 0 heterocycles. The van der Waals surface area contributed by atoms with Crippen molar-refractivity contribution >= 4 is 68.2 Å². The predicted molar refractivity (Wildman–Crippen MR) is 423 cm³/mol. The first-order valence-corrected chi connectivity index (χ1v) is 38.0. The van der Waals surface area contributed by atoms with E-state index in [1.165, 1.54) is 171 Å². The Balaban J connectivity index is 1.10. The highest BCUT2D eigenvalue weighted by molar-refractivity contribution is 5.80. The highest BCUT2D eigenvalue weighted by Crippen LogP contribution is 2.42. The fourth-order valence-electron chi connectivity index (χ4n) is 13.9. The van der Waals surface area contributed by atoms with E-state index in [1.54, 1.807) is 0 Å². The minimum absolute atomic E-state index is 0.121. The molecule has 0 aliphatic heterocycles. The third-order valence-corrected chi connectivity index (χ3v) is 19.8. The van der Waals surface area contributed by atoms with E-state index >= 15 is 0 Å². The van der Waals surface area contributed by atoms with E-state index in [-0.39, 0.29) is 18.1 Å². The lowest BCUT2D eigenvalue weighted by Crippen LogP contribution is -2.40. The van der Waals surface area contributed by atoms with Crippen LogP contribution in [0, 0.1) is 13.8 Å². The summed E-state index contributed by atoms with van der Waals surface area (Å²) in [7, 11) is 0. The van der Waals surface area contributed by atoms with Crippen LogP contribution in [0.3, 0.4) is 0 Å². The maximum Gasteiger partial charge on any atom is 0.0561 e. The second kappa shape index (κ2) is 38.2. The summed E-state index contributed by atoms with van der Waals surface area (Å²) in [4.78, 5) is 20.7. The van der Waals surface area contributed by atoms with Crippen molar-refractivity contribution in [3.05, 3.63) is 217 Å². The van der Waals surface area contributed by atoms with Gasteiger partial charge in [-0.15, -0.1) is 0 Å². The largest absolute Gasteiger partial charge is 0.372 e. The van der Waals surface area contributed by atoms with Gasteiger partial charge in [0, 0.05) is 126 Å². The van der Waals surface area contributed by atoms with Gasteiger partial charge in [0.15, 0.2) is 0 Å². The zero-order valence-corrected chi connectivity index (χ0v) is 61.0. The van der Waals surface area contributed by atoms with Crippen molar-refractivity contribution < 1.29 is 0 Å². The first kappa shape index (κ1) is 72.4. The van der Waals surface area contributed by atoms with Crippen molar-refractivity contribution in [1.82, 2.24) is 0 Å². The van der Waals surface area contributed by atoms with Crippen molar-refractivity contribution in [2.24, 2.45) is 0 Å². The van der Waals surface area contributed by atoms with E-state index in [4.69, 9.17) is 0 Å². The minimum atomic E-state index is 0.121. The van der Waals surface area contributed by atoms with Crippen LogP contribution in [-0.2, 0) is 0 Å². The second-order valence-corrected chi connectivity index (χ2v) is 27.4. The summed E-state index contributed by atoms with van der Waals surface area (Å²) in [5, 5.41) is 0. The van der Waals surface area contributed by atoms with Crippen molar-refractivity contribution in [3.63, 3.8) is 0 Å². The molecule has 0 radical (unpaired) electrons. The lowest BCUT2D eigenvalue weighted by Gasteiger charge is -2.41. The predicted octanol–water partition coefficient (Wildman–Crippen LogP) is 24.2. The van der Waals surface area contributed by atoms with Crippen LogP contribution in [0.2, 0.25) is 0 Å². The molecular formula is C88H120N8. The summed E-state index contributed by atoms with van der Waals surface area (Å²) >= 11 is 0. The van der Waals surface area contributed by atoms with Gasteiger partial charge in [0.25, 0.3) is 0 Å². The zero-order chi connectivity index (χ0) is 67.4. The number of unbranched alkanes of at least 4 members (excludes halogenated alkanes) is 8. The summed E-state index contributed by atoms with van der Waals surface area (Å²) in [5.74, 6) is 0. The van der Waals surface area contributed by atoms with Crippen LogP contribution in [-0.4, -0.2) is 70.5 Å². The molecule has 0 aromatic heterocycles. The van der Waals surface area contributed by atoms with Gasteiger partial charge in [-0.05, 0) is 236 Å². The van der Waals surface area contributed by atoms with Crippen molar-refractivity contribution in [2.45, 2.75) is 209 Å². The number of hydrogen-bond acceptors (Lipinski definition) is 8. The molecule has 8 heteroatoms. The fraction of sp³-hybridized carbons (Fsp3) is 0.455. The number of hydrogen-bond donors (Lipinski definition) is 0. The van der Waals surface area contributed by atoms with Gasteiger partial charge in [0.1, 0.15) is 0 Å². The van der Waals surface area contributed by atoms with Crippen LogP contribution >= 0.6 is 0 Å². The molecule has 0 saturated carbocycles. The molecule has 0 bridgehead atoms. The van der Waals surface area contributed by atoms with Crippen LogP contribution in [0.1, 0.15) is 189 Å². The van der Waals surface area contributed by atoms with Crippen LogP contribution in [0.5, 0.6) is 0 Å². The standard InChI is InChI=1S/C88H120N8/c1-11-19-63-89(64-20-12-2)73-35-43-79(44-36-73)93(77-31-27-71(9)28-32-77)83-51-55-86(56-52-83)96(87-57-53-84(54-58-87)94(78-33-29-72(10)30-34-78)80-45-37-74(38-46-80)90(65-21-13-3)66-22-14-4)88-61-59-85(60-62-88)95(81-47-39-75(40-48-81)91(67-23-15-5)68-24-16-6)82-49-41-76(42-50-82)92(69-25-17-7)70-26-18-8/h27-51,53,55-57,59-62,83-84,87H,11-26,52,54,58,63-70H2,1-10H3. The molecule has 3 atom stereocenters. The summed E-state index contributed by atoms with van der Waals surface area (Å²) in [6.45, 7) is 31.5. The number of allylic oxidation sites excluding steroid dienone is 1. The molecule has 0 saturated heterocycles. The monoisotopic (exact) mass is 1290 g/mol. The van der Waals surface area contributed by atoms with Gasteiger partial charge in [0.2, 0.25) is 0 Å². The van der Waals surface area contributed by atoms with Crippen molar-refractivity contribution in [3.8, 4) is 0 Å². The third kappa shape index (κ3) is 19.7. The van der Waals surface area contributed by atoms with Gasteiger partial charge in [-0.25, -0.2) is 0 Å². The molecule has 7 aromatic carbocycles. The quantitative estimate of drug-likeness (QED) is 0.0351. The van der Waals surface area contributed by atoms with Crippen LogP contribution < -0.4 is 39.2 Å². The molecule has 0 spiro atoms. The number of rotatable bonds is 40. The summed E-state index contributed by atoms with van der Waals surface area (Å²) in [5.41, 5.74) is 18.6. The van der Waals surface area contributed by atoms with Crippen LogP contribution in [0.25, 0.3) is 0 Å². The summed E-state index contributed by atoms with van der Waals surface area (Å²) in [6, 6.07) is 66.2. The minimum Gasteiger partial charge on any atom is -0.372 e. The van der Waals surface area contributed by atoms with E-state index in [0.717, 1.165) is 88.7 Å². The van der Waals surface area contributed by atoms with E-state index in [1.807, 2.05) is 0 Å². The smallest absolute Gasteiger partial charge is 0.0561 e. The fourth-order valence-corrected chi connectivity index (χ4v) is 13.9. The van der Waals surface area contributed by atoms with Gasteiger partial charge in [-0.1, -0.05) is 166 Å². The molecule has 2 aliphatic carbocycles. The Bertz CT molecular complexity index is 3310. The molecule has 96 heavy (non-hydrogen) atoms. The molecular weight excluding hydrogens is 1170 g/mol. The molecule has 8 nitrogen and oxygen atoms in total. The molecule has 0 N–H and O–H groups in total. The maximum atomic E-state index is 2.65. The average molecular weight is 1290 g/mol. The zero-order valence-electron chi connectivity index (χ0n) is 61.0. The average Bonchev–Trinajstić information content (AvgIpc) is 0.801. The van der Waals surface area contributed by atoms with E-state index < -0.39 is 0 Å². The molecule has 3 unspecified atom stereocenters. The second-order valence-electron chi connectivity index (χ2n) is 27.4. The van der Waals surface area contributed by atoms with Gasteiger partial charge in [0.05, 0.1) is 18.1 Å². The van der Waals surface area contributed by atoms with Gasteiger partial charge < -0.3 is 39.2 Å². The number of nitrogens with zero attached hydrogens (tertiary/aromatic N) is 8. The topological polar surface area (TPSA) is 25.9 Å². The Hall–Kier alpha value is -7.84. The Morgan fingerprint density at radius 2 is 0.490 bits per heavy atom. The number of anilines is 12. The summed E-state index contributed by atoms with van der Waals surface area (Å²) in [6.07, 6.45) is 34.5. The van der Waals surface area contributed by atoms with Crippen molar-refractivity contribution in [1.29, 1.82) is 0 Å². The Morgan fingerprint density at radius 3 is 0.740 bits per heavy atom. The molecule has 0 amide bonds. The molecule has 512 valence electrons. The van der Waals surface area contributed by atoms with Gasteiger partial charge in [-0.3, -0.25) is 0 Å².